The quantitative estimate of drug-likeness (QED) is 0.774. The molecular formula is C15H21FN2O2. The van der Waals surface area contributed by atoms with Crippen LogP contribution in [0.5, 0.6) is 0 Å². The van der Waals surface area contributed by atoms with E-state index in [1.54, 1.807) is 24.9 Å². The van der Waals surface area contributed by atoms with E-state index in [1.807, 2.05) is 7.05 Å². The first kappa shape index (κ1) is 16.3. The Morgan fingerprint density at radius 1 is 1.40 bits per heavy atom. The van der Waals surface area contributed by atoms with Gasteiger partial charge in [-0.1, -0.05) is 19.1 Å². The lowest BCUT2D eigenvalue weighted by molar-refractivity contribution is -0.130. The molecule has 1 atom stereocenters. The lowest BCUT2D eigenvalue weighted by Gasteiger charge is -2.19. The topological polar surface area (TPSA) is 49.4 Å². The van der Waals surface area contributed by atoms with Crippen LogP contribution in [0.1, 0.15) is 23.7 Å². The van der Waals surface area contributed by atoms with Crippen molar-refractivity contribution in [1.82, 2.24) is 10.2 Å². The number of nitrogens with one attached hydrogen (secondary N) is 1. The van der Waals surface area contributed by atoms with Gasteiger partial charge in [0.05, 0.1) is 0 Å². The number of carbonyl (C=O) groups is 2. The number of nitrogens with zero attached hydrogens (tertiary/aromatic N) is 1. The van der Waals surface area contributed by atoms with E-state index in [4.69, 9.17) is 0 Å². The van der Waals surface area contributed by atoms with Crippen LogP contribution in [0, 0.1) is 11.7 Å². The van der Waals surface area contributed by atoms with Crippen molar-refractivity contribution in [2.24, 2.45) is 5.92 Å². The van der Waals surface area contributed by atoms with Gasteiger partial charge in [-0.3, -0.25) is 9.59 Å². The van der Waals surface area contributed by atoms with E-state index in [2.05, 4.69) is 5.32 Å². The van der Waals surface area contributed by atoms with Crippen molar-refractivity contribution in [3.05, 3.63) is 35.6 Å². The first-order valence-corrected chi connectivity index (χ1v) is 6.64. The highest BCUT2D eigenvalue weighted by Gasteiger charge is 2.20. The SMILES string of the molecule is CNCCN(C)C(=O)CC(C)C(=O)c1cccc(F)c1. The predicted octanol–water partition coefficient (Wildman–Crippen LogP) is 1.71. The molecule has 1 N–H and O–H groups in total. The molecule has 0 saturated carbocycles. The largest absolute Gasteiger partial charge is 0.344 e. The molecule has 1 aromatic carbocycles. The fourth-order valence-electron chi connectivity index (χ4n) is 1.84. The summed E-state index contributed by atoms with van der Waals surface area (Å²) in [5.41, 5.74) is 0.308. The van der Waals surface area contributed by atoms with Crippen LogP contribution in [0.3, 0.4) is 0 Å². The highest BCUT2D eigenvalue weighted by Crippen LogP contribution is 2.14. The Morgan fingerprint density at radius 2 is 2.10 bits per heavy atom. The minimum Gasteiger partial charge on any atom is -0.344 e. The summed E-state index contributed by atoms with van der Waals surface area (Å²) in [5, 5.41) is 2.96. The predicted molar refractivity (Wildman–Crippen MR) is 76.1 cm³/mol. The number of halogens is 1. The third kappa shape index (κ3) is 4.74. The van der Waals surface area contributed by atoms with Crippen LogP contribution < -0.4 is 5.32 Å². The minimum absolute atomic E-state index is 0.0856. The molecule has 0 aliphatic heterocycles. The van der Waals surface area contributed by atoms with Gasteiger partial charge in [-0.15, -0.1) is 0 Å². The molecular weight excluding hydrogens is 259 g/mol. The number of amides is 1. The molecule has 0 aromatic heterocycles. The molecule has 1 unspecified atom stereocenters. The number of benzene rings is 1. The molecule has 0 aliphatic rings. The zero-order valence-corrected chi connectivity index (χ0v) is 12.1. The normalized spacial score (nSPS) is 12.0. The monoisotopic (exact) mass is 280 g/mol. The lowest BCUT2D eigenvalue weighted by atomic mass is 9.96. The molecule has 110 valence electrons. The van der Waals surface area contributed by atoms with Crippen LogP contribution >= 0.6 is 0 Å². The van der Waals surface area contributed by atoms with Crippen molar-refractivity contribution in [2.45, 2.75) is 13.3 Å². The highest BCUT2D eigenvalue weighted by molar-refractivity contribution is 5.99. The first-order valence-electron chi connectivity index (χ1n) is 6.64. The Labute approximate surface area is 119 Å². The van der Waals surface area contributed by atoms with Crippen molar-refractivity contribution in [1.29, 1.82) is 0 Å². The Bertz CT molecular complexity index is 477. The first-order chi connectivity index (χ1) is 9.45. The third-order valence-electron chi connectivity index (χ3n) is 3.16. The third-order valence-corrected chi connectivity index (χ3v) is 3.16. The number of carbonyl (C=O) groups excluding carboxylic acids is 2. The van der Waals surface area contributed by atoms with Crippen molar-refractivity contribution in [2.75, 3.05) is 27.2 Å². The van der Waals surface area contributed by atoms with Gasteiger partial charge in [-0.2, -0.15) is 0 Å². The van der Waals surface area contributed by atoms with E-state index in [-0.39, 0.29) is 18.1 Å². The molecule has 0 saturated heterocycles. The van der Waals surface area contributed by atoms with E-state index in [9.17, 15) is 14.0 Å². The van der Waals surface area contributed by atoms with Gasteiger partial charge in [-0.05, 0) is 19.2 Å². The number of hydrogen-bond donors (Lipinski definition) is 1. The lowest BCUT2D eigenvalue weighted by Crippen LogP contribution is -2.34. The van der Waals surface area contributed by atoms with Gasteiger partial charge in [0, 0.05) is 38.0 Å². The van der Waals surface area contributed by atoms with E-state index in [0.717, 1.165) is 0 Å². The summed E-state index contributed by atoms with van der Waals surface area (Å²) in [6.45, 7) is 2.99. The summed E-state index contributed by atoms with van der Waals surface area (Å²) >= 11 is 0. The van der Waals surface area contributed by atoms with Crippen LogP contribution in [-0.4, -0.2) is 43.8 Å². The number of ketones is 1. The molecule has 0 aliphatic carbocycles. The van der Waals surface area contributed by atoms with Gasteiger partial charge in [0.2, 0.25) is 5.91 Å². The summed E-state index contributed by atoms with van der Waals surface area (Å²) in [6, 6.07) is 5.55. The van der Waals surface area contributed by atoms with Crippen LogP contribution in [0.15, 0.2) is 24.3 Å². The number of Topliss-reactive ketones (excluding diaryl/α,β-unsaturated/α-hetero) is 1. The summed E-state index contributed by atoms with van der Waals surface area (Å²) in [7, 11) is 3.52. The van der Waals surface area contributed by atoms with Crippen LogP contribution in [0.4, 0.5) is 4.39 Å². The van der Waals surface area contributed by atoms with Gasteiger partial charge in [0.15, 0.2) is 5.78 Å². The van der Waals surface area contributed by atoms with Gasteiger partial charge >= 0.3 is 0 Å². The average molecular weight is 280 g/mol. The summed E-state index contributed by atoms with van der Waals surface area (Å²) < 4.78 is 13.1. The minimum atomic E-state index is -0.457. The molecule has 5 heteroatoms. The van der Waals surface area contributed by atoms with Crippen molar-refractivity contribution in [3.8, 4) is 0 Å². The Hall–Kier alpha value is -1.75. The maximum atomic E-state index is 13.1. The summed E-state index contributed by atoms with van der Waals surface area (Å²) in [5.74, 6) is -1.20. The van der Waals surface area contributed by atoms with E-state index >= 15 is 0 Å². The van der Waals surface area contributed by atoms with Crippen molar-refractivity contribution < 1.29 is 14.0 Å². The molecule has 4 nitrogen and oxygen atoms in total. The van der Waals surface area contributed by atoms with Gasteiger partial charge in [0.1, 0.15) is 5.82 Å². The molecule has 0 heterocycles. The number of likely N-dealkylation sites (N-methyl/N-ethyl adjacent to an activating group) is 2. The number of hydrogen-bond acceptors (Lipinski definition) is 3. The van der Waals surface area contributed by atoms with E-state index in [1.165, 1.54) is 18.2 Å². The summed E-state index contributed by atoms with van der Waals surface area (Å²) in [4.78, 5) is 25.6. The second kappa shape index (κ2) is 7.75. The van der Waals surface area contributed by atoms with E-state index < -0.39 is 11.7 Å². The van der Waals surface area contributed by atoms with Gasteiger partial charge in [-0.25, -0.2) is 4.39 Å². The molecule has 1 aromatic rings. The molecule has 20 heavy (non-hydrogen) atoms. The molecule has 1 rings (SSSR count). The Balaban J connectivity index is 2.59. The molecule has 1 amide bonds. The molecule has 0 bridgehead atoms. The molecule has 0 fully saturated rings. The second-order valence-electron chi connectivity index (χ2n) is 4.90. The Kier molecular flexibility index (Phi) is 6.31. The fourth-order valence-corrected chi connectivity index (χ4v) is 1.84. The molecule has 0 radical (unpaired) electrons. The fraction of sp³-hybridized carbons (Fsp3) is 0.467. The standard InChI is InChI=1S/C15H21FN2O2/c1-11(9-14(19)18(3)8-7-17-2)15(20)12-5-4-6-13(16)10-12/h4-6,10-11,17H,7-9H2,1-3H3. The van der Waals surface area contributed by atoms with E-state index in [0.29, 0.717) is 18.7 Å². The van der Waals surface area contributed by atoms with Gasteiger partial charge < -0.3 is 10.2 Å². The smallest absolute Gasteiger partial charge is 0.223 e. The zero-order valence-electron chi connectivity index (χ0n) is 12.1. The number of rotatable bonds is 7. The highest BCUT2D eigenvalue weighted by atomic mass is 19.1. The average Bonchev–Trinajstić information content (AvgIpc) is 2.43. The second-order valence-corrected chi connectivity index (χ2v) is 4.90. The molecule has 0 spiro atoms. The van der Waals surface area contributed by atoms with Crippen LogP contribution in [-0.2, 0) is 4.79 Å². The van der Waals surface area contributed by atoms with Crippen LogP contribution in [0.25, 0.3) is 0 Å². The zero-order chi connectivity index (χ0) is 15.1. The Morgan fingerprint density at radius 3 is 2.70 bits per heavy atom. The maximum absolute atomic E-state index is 13.1. The van der Waals surface area contributed by atoms with Crippen LogP contribution in [0.2, 0.25) is 0 Å². The summed E-state index contributed by atoms with van der Waals surface area (Å²) in [6.07, 6.45) is 0.134. The van der Waals surface area contributed by atoms with Gasteiger partial charge in [0.25, 0.3) is 0 Å². The van der Waals surface area contributed by atoms with Crippen molar-refractivity contribution in [3.63, 3.8) is 0 Å². The van der Waals surface area contributed by atoms with Crippen molar-refractivity contribution >= 4 is 11.7 Å². The maximum Gasteiger partial charge on any atom is 0.223 e.